The van der Waals surface area contributed by atoms with Gasteiger partial charge >= 0.3 is 0 Å². The number of hydrogen-bond acceptors (Lipinski definition) is 2. The molecular formula is C19H24N2O. The topological polar surface area (TPSA) is 33.2 Å². The average molecular weight is 296 g/mol. The summed E-state index contributed by atoms with van der Waals surface area (Å²) in [5.74, 6) is 0.714. The molecule has 1 saturated carbocycles. The van der Waals surface area contributed by atoms with Crippen LogP contribution in [0.3, 0.4) is 0 Å². The summed E-state index contributed by atoms with van der Waals surface area (Å²) >= 11 is 0. The summed E-state index contributed by atoms with van der Waals surface area (Å²) in [6.07, 6.45) is 4.38. The molecule has 3 nitrogen and oxygen atoms in total. The Kier molecular flexibility index (Phi) is 4.41. The quantitative estimate of drug-likeness (QED) is 0.793. The molecule has 0 saturated heterocycles. The number of rotatable bonds is 6. The van der Waals surface area contributed by atoms with Gasteiger partial charge in [0.05, 0.1) is 11.1 Å². The second-order valence-corrected chi connectivity index (χ2v) is 6.18. The Hall–Kier alpha value is -1.90. The van der Waals surface area contributed by atoms with E-state index in [0.717, 1.165) is 48.1 Å². The Balaban J connectivity index is 2.05. The fourth-order valence-electron chi connectivity index (χ4n) is 2.99. The van der Waals surface area contributed by atoms with Crippen LogP contribution in [0, 0.1) is 0 Å². The molecule has 1 amide bonds. The average Bonchev–Trinajstić information content (AvgIpc) is 3.38. The van der Waals surface area contributed by atoms with Crippen LogP contribution in [0.4, 0.5) is 0 Å². The molecule has 1 heterocycles. The van der Waals surface area contributed by atoms with Gasteiger partial charge in [0.15, 0.2) is 0 Å². The zero-order valence-corrected chi connectivity index (χ0v) is 13.5. The number of benzene rings is 1. The number of pyridine rings is 1. The van der Waals surface area contributed by atoms with Gasteiger partial charge in [0.1, 0.15) is 0 Å². The van der Waals surface area contributed by atoms with Crippen molar-refractivity contribution >= 4 is 16.8 Å². The van der Waals surface area contributed by atoms with Gasteiger partial charge < -0.3 is 4.90 Å². The first-order chi connectivity index (χ1) is 10.7. The first-order valence-corrected chi connectivity index (χ1v) is 8.43. The molecule has 0 atom stereocenters. The number of carbonyl (C=O) groups excluding carboxylic acids is 1. The molecule has 0 spiro atoms. The highest BCUT2D eigenvalue weighted by Gasteiger charge is 2.27. The molecule has 22 heavy (non-hydrogen) atoms. The summed E-state index contributed by atoms with van der Waals surface area (Å²) in [5, 5.41) is 0.981. The third kappa shape index (κ3) is 2.99. The molecule has 1 aliphatic carbocycles. The van der Waals surface area contributed by atoms with E-state index in [2.05, 4.69) is 13.8 Å². The monoisotopic (exact) mass is 296 g/mol. The highest BCUT2D eigenvalue weighted by Crippen LogP contribution is 2.40. The standard InChI is InChI=1S/C19H24N2O/c1-3-11-21(12-4-2)19(22)16-13-18(14-9-10-14)20-17-8-6-5-7-15(16)17/h5-8,13-14H,3-4,9-12H2,1-2H3. The van der Waals surface area contributed by atoms with E-state index in [1.807, 2.05) is 35.2 Å². The van der Waals surface area contributed by atoms with Crippen LogP contribution in [-0.4, -0.2) is 28.9 Å². The van der Waals surface area contributed by atoms with Crippen molar-refractivity contribution in [3.8, 4) is 0 Å². The van der Waals surface area contributed by atoms with Crippen molar-refractivity contribution in [2.24, 2.45) is 0 Å². The zero-order valence-electron chi connectivity index (χ0n) is 13.5. The molecule has 1 aromatic carbocycles. The number of aromatic nitrogens is 1. The minimum atomic E-state index is 0.157. The first-order valence-electron chi connectivity index (χ1n) is 8.43. The molecule has 1 aliphatic rings. The largest absolute Gasteiger partial charge is 0.339 e. The third-order valence-corrected chi connectivity index (χ3v) is 4.24. The van der Waals surface area contributed by atoms with Crippen LogP contribution < -0.4 is 0 Å². The Morgan fingerprint density at radius 3 is 2.50 bits per heavy atom. The molecule has 0 N–H and O–H groups in total. The molecule has 0 unspecified atom stereocenters. The lowest BCUT2D eigenvalue weighted by atomic mass is 10.0. The molecule has 116 valence electrons. The summed E-state index contributed by atoms with van der Waals surface area (Å²) in [6, 6.07) is 10.1. The van der Waals surface area contributed by atoms with Crippen molar-refractivity contribution in [3.05, 3.63) is 41.6 Å². The van der Waals surface area contributed by atoms with E-state index in [9.17, 15) is 4.79 Å². The van der Waals surface area contributed by atoms with E-state index in [1.165, 1.54) is 12.8 Å². The van der Waals surface area contributed by atoms with Crippen molar-refractivity contribution in [1.82, 2.24) is 9.88 Å². The summed E-state index contributed by atoms with van der Waals surface area (Å²) in [5.41, 5.74) is 2.87. The van der Waals surface area contributed by atoms with Gasteiger partial charge in [0.25, 0.3) is 5.91 Å². The molecule has 2 aromatic rings. The summed E-state index contributed by atoms with van der Waals surface area (Å²) in [6.45, 7) is 5.89. The van der Waals surface area contributed by atoms with Crippen molar-refractivity contribution in [3.63, 3.8) is 0 Å². The molecule has 0 aliphatic heterocycles. The van der Waals surface area contributed by atoms with Crippen molar-refractivity contribution in [1.29, 1.82) is 0 Å². The summed E-state index contributed by atoms with van der Waals surface area (Å²) in [7, 11) is 0. The second kappa shape index (κ2) is 6.47. The highest BCUT2D eigenvalue weighted by atomic mass is 16.2. The lowest BCUT2D eigenvalue weighted by molar-refractivity contribution is 0.0757. The molecule has 0 bridgehead atoms. The summed E-state index contributed by atoms with van der Waals surface area (Å²) in [4.78, 5) is 19.8. The number of fused-ring (bicyclic) bond motifs is 1. The minimum absolute atomic E-state index is 0.157. The first kappa shape index (κ1) is 15.0. The van der Waals surface area contributed by atoms with Gasteiger partial charge in [-0.05, 0) is 37.8 Å². The van der Waals surface area contributed by atoms with Crippen LogP contribution in [0.1, 0.15) is 61.5 Å². The fraction of sp³-hybridized carbons (Fsp3) is 0.474. The van der Waals surface area contributed by atoms with Crippen LogP contribution >= 0.6 is 0 Å². The maximum atomic E-state index is 13.0. The van der Waals surface area contributed by atoms with Gasteiger partial charge in [-0.15, -0.1) is 0 Å². The third-order valence-electron chi connectivity index (χ3n) is 4.24. The predicted molar refractivity (Wildman–Crippen MR) is 90.2 cm³/mol. The predicted octanol–water partition coefficient (Wildman–Crippen LogP) is 4.37. The number of hydrogen-bond donors (Lipinski definition) is 0. The van der Waals surface area contributed by atoms with Crippen molar-refractivity contribution in [2.45, 2.75) is 45.4 Å². The van der Waals surface area contributed by atoms with Gasteiger partial charge in [-0.1, -0.05) is 32.0 Å². The fourth-order valence-corrected chi connectivity index (χ4v) is 2.99. The zero-order chi connectivity index (χ0) is 15.5. The molecule has 0 radical (unpaired) electrons. The lowest BCUT2D eigenvalue weighted by Gasteiger charge is -2.22. The SMILES string of the molecule is CCCN(CCC)C(=O)c1cc(C2CC2)nc2ccccc12. The van der Waals surface area contributed by atoms with Gasteiger partial charge in [0, 0.05) is 30.1 Å². The summed E-state index contributed by atoms with van der Waals surface area (Å²) < 4.78 is 0. The smallest absolute Gasteiger partial charge is 0.254 e. The van der Waals surface area contributed by atoms with Gasteiger partial charge in [-0.3, -0.25) is 9.78 Å². The van der Waals surface area contributed by atoms with Crippen molar-refractivity contribution < 1.29 is 4.79 Å². The van der Waals surface area contributed by atoms with E-state index in [-0.39, 0.29) is 5.91 Å². The van der Waals surface area contributed by atoms with E-state index in [1.54, 1.807) is 0 Å². The molecule has 3 rings (SSSR count). The molecule has 1 aromatic heterocycles. The van der Waals surface area contributed by atoms with Crippen LogP contribution in [0.2, 0.25) is 0 Å². The maximum absolute atomic E-state index is 13.0. The molecule has 3 heteroatoms. The van der Waals surface area contributed by atoms with Crippen LogP contribution in [0.5, 0.6) is 0 Å². The van der Waals surface area contributed by atoms with Gasteiger partial charge in [-0.25, -0.2) is 0 Å². The molecular weight excluding hydrogens is 272 g/mol. The Morgan fingerprint density at radius 1 is 1.18 bits per heavy atom. The van der Waals surface area contributed by atoms with Gasteiger partial charge in [-0.2, -0.15) is 0 Å². The van der Waals surface area contributed by atoms with E-state index < -0.39 is 0 Å². The van der Waals surface area contributed by atoms with Crippen LogP contribution in [0.25, 0.3) is 10.9 Å². The van der Waals surface area contributed by atoms with Crippen LogP contribution in [0.15, 0.2) is 30.3 Å². The molecule has 1 fully saturated rings. The van der Waals surface area contributed by atoms with E-state index in [4.69, 9.17) is 4.98 Å². The second-order valence-electron chi connectivity index (χ2n) is 6.18. The van der Waals surface area contributed by atoms with E-state index in [0.29, 0.717) is 5.92 Å². The normalized spacial score (nSPS) is 14.3. The number of amides is 1. The number of nitrogens with zero attached hydrogens (tertiary/aromatic N) is 2. The van der Waals surface area contributed by atoms with Gasteiger partial charge in [0.2, 0.25) is 0 Å². The van der Waals surface area contributed by atoms with Crippen LogP contribution in [-0.2, 0) is 0 Å². The highest BCUT2D eigenvalue weighted by molar-refractivity contribution is 6.06. The Morgan fingerprint density at radius 2 is 1.86 bits per heavy atom. The Labute approximate surface area is 132 Å². The number of carbonyl (C=O) groups is 1. The lowest BCUT2D eigenvalue weighted by Crippen LogP contribution is -2.32. The Bertz CT molecular complexity index is 670. The number of para-hydroxylation sites is 1. The van der Waals surface area contributed by atoms with Crippen molar-refractivity contribution in [2.75, 3.05) is 13.1 Å². The van der Waals surface area contributed by atoms with E-state index >= 15 is 0 Å². The minimum Gasteiger partial charge on any atom is -0.339 e. The maximum Gasteiger partial charge on any atom is 0.254 e.